The van der Waals surface area contributed by atoms with E-state index < -0.39 is 17.7 Å². The van der Waals surface area contributed by atoms with Gasteiger partial charge >= 0.3 is 5.97 Å². The Morgan fingerprint density at radius 1 is 1.29 bits per heavy atom. The molecule has 7 heteroatoms. The Kier molecular flexibility index (Phi) is 4.13. The number of benzene rings is 1. The van der Waals surface area contributed by atoms with Crippen molar-refractivity contribution in [1.29, 1.82) is 0 Å². The molecular formula is C14H12FN3O3. The summed E-state index contributed by atoms with van der Waals surface area (Å²) < 4.78 is 17.4. The van der Waals surface area contributed by atoms with Crippen molar-refractivity contribution >= 4 is 23.3 Å². The maximum Gasteiger partial charge on any atom is 0.339 e. The van der Waals surface area contributed by atoms with Crippen molar-refractivity contribution in [2.24, 2.45) is 0 Å². The summed E-state index contributed by atoms with van der Waals surface area (Å²) in [6.07, 6.45) is 1.23. The second kappa shape index (κ2) is 6.00. The van der Waals surface area contributed by atoms with Gasteiger partial charge in [0.15, 0.2) is 0 Å². The average Bonchev–Trinajstić information content (AvgIpc) is 2.49. The molecule has 0 unspecified atom stereocenters. The van der Waals surface area contributed by atoms with Gasteiger partial charge in [-0.05, 0) is 30.3 Å². The van der Waals surface area contributed by atoms with Crippen LogP contribution in [0.4, 0.5) is 15.8 Å². The van der Waals surface area contributed by atoms with Gasteiger partial charge in [-0.2, -0.15) is 0 Å². The normalized spacial score (nSPS) is 10.0. The molecule has 0 bridgehead atoms. The van der Waals surface area contributed by atoms with E-state index >= 15 is 0 Å². The molecule has 1 aromatic heterocycles. The Balaban J connectivity index is 2.15. The zero-order valence-electron chi connectivity index (χ0n) is 11.1. The summed E-state index contributed by atoms with van der Waals surface area (Å²) in [5.74, 6) is -1.56. The molecule has 1 amide bonds. The van der Waals surface area contributed by atoms with Crippen LogP contribution in [0.2, 0.25) is 0 Å². The number of nitrogens with one attached hydrogen (secondary N) is 1. The number of hydrogen-bond acceptors (Lipinski definition) is 5. The number of nitrogens with zero attached hydrogens (tertiary/aromatic N) is 1. The number of esters is 1. The minimum atomic E-state index is -0.544. The molecule has 6 nitrogen and oxygen atoms in total. The first kappa shape index (κ1) is 14.4. The van der Waals surface area contributed by atoms with E-state index in [1.165, 1.54) is 37.6 Å². The molecule has 0 aliphatic carbocycles. The zero-order valence-corrected chi connectivity index (χ0v) is 11.1. The molecule has 1 heterocycles. The molecule has 0 saturated heterocycles. The molecular weight excluding hydrogens is 277 g/mol. The number of rotatable bonds is 3. The maximum absolute atomic E-state index is 12.9. The summed E-state index contributed by atoms with van der Waals surface area (Å²) >= 11 is 0. The van der Waals surface area contributed by atoms with Crippen LogP contribution in [0.1, 0.15) is 20.8 Å². The number of hydrogen-bond donors (Lipinski definition) is 2. The molecule has 21 heavy (non-hydrogen) atoms. The van der Waals surface area contributed by atoms with E-state index in [2.05, 4.69) is 15.0 Å². The molecule has 0 atom stereocenters. The summed E-state index contributed by atoms with van der Waals surface area (Å²) in [6.45, 7) is 0. The van der Waals surface area contributed by atoms with Gasteiger partial charge in [0.25, 0.3) is 5.91 Å². The number of methoxy groups -OCH3 is 1. The van der Waals surface area contributed by atoms with Crippen molar-refractivity contribution in [2.75, 3.05) is 18.2 Å². The van der Waals surface area contributed by atoms with E-state index in [-0.39, 0.29) is 22.6 Å². The topological polar surface area (TPSA) is 94.3 Å². The van der Waals surface area contributed by atoms with Gasteiger partial charge < -0.3 is 15.8 Å². The lowest BCUT2D eigenvalue weighted by Gasteiger charge is -2.08. The third-order valence-corrected chi connectivity index (χ3v) is 2.68. The Labute approximate surface area is 119 Å². The lowest BCUT2D eigenvalue weighted by molar-refractivity contribution is 0.0600. The van der Waals surface area contributed by atoms with Gasteiger partial charge in [0.2, 0.25) is 0 Å². The lowest BCUT2D eigenvalue weighted by atomic mass is 10.2. The van der Waals surface area contributed by atoms with Crippen LogP contribution < -0.4 is 11.1 Å². The van der Waals surface area contributed by atoms with E-state index in [1.807, 2.05) is 0 Å². The Morgan fingerprint density at radius 3 is 2.62 bits per heavy atom. The molecule has 0 radical (unpaired) electrons. The summed E-state index contributed by atoms with van der Waals surface area (Å²) in [7, 11) is 1.25. The van der Waals surface area contributed by atoms with Crippen LogP contribution >= 0.6 is 0 Å². The molecule has 2 aromatic rings. The van der Waals surface area contributed by atoms with Crippen LogP contribution in [-0.2, 0) is 4.74 Å². The highest BCUT2D eigenvalue weighted by atomic mass is 19.1. The van der Waals surface area contributed by atoms with Crippen molar-refractivity contribution in [2.45, 2.75) is 0 Å². The fourth-order valence-corrected chi connectivity index (χ4v) is 1.60. The summed E-state index contributed by atoms with van der Waals surface area (Å²) in [5.41, 5.74) is 6.30. The highest BCUT2D eigenvalue weighted by Crippen LogP contribution is 2.19. The van der Waals surface area contributed by atoms with E-state index in [1.54, 1.807) is 0 Å². The standard InChI is InChI=1S/C14H12FN3O3/c1-21-14(20)8-2-4-12(17-7-8)13(19)18-11-5-3-9(15)6-10(11)16/h2-7H,16H2,1H3,(H,18,19). The van der Waals surface area contributed by atoms with Crippen LogP contribution in [0, 0.1) is 5.82 Å². The number of carbonyl (C=O) groups is 2. The van der Waals surface area contributed by atoms with Gasteiger partial charge in [-0.3, -0.25) is 9.78 Å². The largest absolute Gasteiger partial charge is 0.465 e. The number of nitrogen functional groups attached to an aromatic ring is 1. The van der Waals surface area contributed by atoms with Crippen LogP contribution in [0.25, 0.3) is 0 Å². The number of halogens is 1. The molecule has 0 spiro atoms. The molecule has 108 valence electrons. The SMILES string of the molecule is COC(=O)c1ccc(C(=O)Nc2ccc(F)cc2N)nc1. The number of aromatic nitrogens is 1. The number of ether oxygens (including phenoxy) is 1. The quantitative estimate of drug-likeness (QED) is 0.664. The second-order valence-corrected chi connectivity index (χ2v) is 4.11. The minimum Gasteiger partial charge on any atom is -0.465 e. The van der Waals surface area contributed by atoms with Crippen molar-refractivity contribution in [1.82, 2.24) is 4.98 Å². The van der Waals surface area contributed by atoms with Crippen LogP contribution in [0.15, 0.2) is 36.5 Å². The molecule has 1 aromatic carbocycles. The van der Waals surface area contributed by atoms with Gasteiger partial charge in [0, 0.05) is 6.20 Å². The number of anilines is 2. The Hall–Kier alpha value is -2.96. The number of amides is 1. The molecule has 0 fully saturated rings. The van der Waals surface area contributed by atoms with Crippen molar-refractivity contribution in [3.05, 3.63) is 53.6 Å². The first-order chi connectivity index (χ1) is 10.0. The third-order valence-electron chi connectivity index (χ3n) is 2.68. The molecule has 2 rings (SSSR count). The lowest BCUT2D eigenvalue weighted by Crippen LogP contribution is -2.15. The van der Waals surface area contributed by atoms with Gasteiger partial charge in [-0.25, -0.2) is 9.18 Å². The maximum atomic E-state index is 12.9. The fraction of sp³-hybridized carbons (Fsp3) is 0.0714. The summed E-state index contributed by atoms with van der Waals surface area (Å²) in [6, 6.07) is 6.43. The number of pyridine rings is 1. The monoisotopic (exact) mass is 289 g/mol. The minimum absolute atomic E-state index is 0.0892. The van der Waals surface area contributed by atoms with Crippen molar-refractivity contribution < 1.29 is 18.7 Å². The Morgan fingerprint density at radius 2 is 2.05 bits per heavy atom. The fourth-order valence-electron chi connectivity index (χ4n) is 1.60. The van der Waals surface area contributed by atoms with E-state index in [9.17, 15) is 14.0 Å². The van der Waals surface area contributed by atoms with Crippen molar-refractivity contribution in [3.63, 3.8) is 0 Å². The van der Waals surface area contributed by atoms with Crippen molar-refractivity contribution in [3.8, 4) is 0 Å². The smallest absolute Gasteiger partial charge is 0.339 e. The van der Waals surface area contributed by atoms with Gasteiger partial charge in [0.05, 0.1) is 24.0 Å². The third kappa shape index (κ3) is 3.33. The predicted molar refractivity (Wildman–Crippen MR) is 74.3 cm³/mol. The van der Waals surface area contributed by atoms with Crippen LogP contribution in [-0.4, -0.2) is 24.0 Å². The predicted octanol–water partition coefficient (Wildman–Crippen LogP) is 1.84. The summed E-state index contributed by atoms with van der Waals surface area (Å²) in [5, 5.41) is 2.51. The van der Waals surface area contributed by atoms with Gasteiger partial charge in [-0.15, -0.1) is 0 Å². The summed E-state index contributed by atoms with van der Waals surface area (Å²) in [4.78, 5) is 27.1. The highest BCUT2D eigenvalue weighted by Gasteiger charge is 2.12. The van der Waals surface area contributed by atoms with Crippen LogP contribution in [0.3, 0.4) is 0 Å². The molecule has 0 aliphatic rings. The Bertz CT molecular complexity index is 686. The van der Waals surface area contributed by atoms with Gasteiger partial charge in [-0.1, -0.05) is 0 Å². The van der Waals surface area contributed by atoms with E-state index in [0.717, 1.165) is 6.07 Å². The zero-order chi connectivity index (χ0) is 15.4. The molecule has 0 saturated carbocycles. The van der Waals surface area contributed by atoms with Crippen LogP contribution in [0.5, 0.6) is 0 Å². The first-order valence-corrected chi connectivity index (χ1v) is 5.92. The van der Waals surface area contributed by atoms with E-state index in [4.69, 9.17) is 5.73 Å². The number of carbonyl (C=O) groups excluding carboxylic acids is 2. The first-order valence-electron chi connectivity index (χ1n) is 5.92. The average molecular weight is 289 g/mol. The molecule has 0 aliphatic heterocycles. The van der Waals surface area contributed by atoms with E-state index in [0.29, 0.717) is 0 Å². The second-order valence-electron chi connectivity index (χ2n) is 4.11. The highest BCUT2D eigenvalue weighted by molar-refractivity contribution is 6.04. The number of nitrogens with two attached hydrogens (primary N) is 1. The molecule has 3 N–H and O–H groups in total. The van der Waals surface area contributed by atoms with Gasteiger partial charge in [0.1, 0.15) is 11.5 Å².